The predicted octanol–water partition coefficient (Wildman–Crippen LogP) is 5.58. The quantitative estimate of drug-likeness (QED) is 0.233. The van der Waals surface area contributed by atoms with Crippen LogP contribution in [-0.4, -0.2) is 119 Å². The monoisotopic (exact) mass is 728 g/mol. The third-order valence-electron chi connectivity index (χ3n) is 12.8. The number of piperidine rings is 1. The number of ether oxygens (including phenoxy) is 2. The van der Waals surface area contributed by atoms with E-state index in [1.54, 1.807) is 6.20 Å². The van der Waals surface area contributed by atoms with Gasteiger partial charge >= 0.3 is 6.18 Å². The largest absolute Gasteiger partial charge is 0.481 e. The van der Waals surface area contributed by atoms with Gasteiger partial charge in [-0.25, -0.2) is 4.98 Å². The number of fused-ring (bicyclic) bond motifs is 2. The molecular formula is C39H43F3N8O3. The van der Waals surface area contributed by atoms with Crippen LogP contribution in [0.5, 0.6) is 5.75 Å². The van der Waals surface area contributed by atoms with Crippen molar-refractivity contribution in [1.82, 2.24) is 30.0 Å². The standard InChI is InChI=1S/C39H43F3N8O3/c1-3-30(51)49-18-37(19-49)8-11-47(12-9-37)35-27-14-26(24-5-6-24)32(31-23(2)4-7-29-28(31)15-43-46-29)34(53-22-39(40,41)42)33(27)44-36(45-35)50-13-10-38(50)20-48(21-38)25-16-52-17-25/h3-4,7,14-15,24-25H,1,5-6,8-13,16-22H2,2H3,(H,43,46). The second-order valence-electron chi connectivity index (χ2n) is 16.3. The van der Waals surface area contributed by atoms with E-state index in [0.29, 0.717) is 36.2 Å². The van der Waals surface area contributed by atoms with Crippen LogP contribution in [-0.2, 0) is 9.53 Å². The second-order valence-corrected chi connectivity index (χ2v) is 16.3. The van der Waals surface area contributed by atoms with Crippen molar-refractivity contribution < 1.29 is 27.4 Å². The fourth-order valence-corrected chi connectivity index (χ4v) is 9.46. The van der Waals surface area contributed by atoms with Crippen molar-refractivity contribution in [3.05, 3.63) is 48.2 Å². The molecule has 1 N–H and O–H groups in total. The number of hydrogen-bond acceptors (Lipinski definition) is 9. The van der Waals surface area contributed by atoms with E-state index in [9.17, 15) is 18.0 Å². The molecule has 2 aromatic carbocycles. The van der Waals surface area contributed by atoms with E-state index in [1.807, 2.05) is 24.0 Å². The van der Waals surface area contributed by atoms with Gasteiger partial charge in [-0.2, -0.15) is 23.3 Å². The lowest BCUT2D eigenvalue weighted by Gasteiger charge is -2.64. The smallest absolute Gasteiger partial charge is 0.422 e. The van der Waals surface area contributed by atoms with Gasteiger partial charge in [-0.3, -0.25) is 14.8 Å². The van der Waals surface area contributed by atoms with Gasteiger partial charge in [0.15, 0.2) is 12.4 Å². The molecule has 0 radical (unpaired) electrons. The van der Waals surface area contributed by atoms with E-state index in [2.05, 4.69) is 37.5 Å². The van der Waals surface area contributed by atoms with Crippen molar-refractivity contribution in [2.45, 2.75) is 62.7 Å². The van der Waals surface area contributed by atoms with Crippen LogP contribution in [0.3, 0.4) is 0 Å². The lowest BCUT2D eigenvalue weighted by atomic mass is 9.72. The van der Waals surface area contributed by atoms with Crippen LogP contribution in [0.1, 0.15) is 49.1 Å². The van der Waals surface area contributed by atoms with Gasteiger partial charge in [-0.15, -0.1) is 0 Å². The molecule has 6 aliphatic rings. The molecule has 6 fully saturated rings. The molecule has 4 aromatic rings. The van der Waals surface area contributed by atoms with Gasteiger partial charge in [0.1, 0.15) is 11.3 Å². The summed E-state index contributed by atoms with van der Waals surface area (Å²) in [5.74, 6) is 1.58. The number of aromatic nitrogens is 4. The number of carbonyl (C=O) groups is 1. The maximum atomic E-state index is 14.1. The minimum atomic E-state index is -4.55. The number of amides is 1. The van der Waals surface area contributed by atoms with E-state index in [-0.39, 0.29) is 28.5 Å². The maximum Gasteiger partial charge on any atom is 0.422 e. The highest BCUT2D eigenvalue weighted by Crippen LogP contribution is 2.54. The Kier molecular flexibility index (Phi) is 7.37. The fourth-order valence-electron chi connectivity index (χ4n) is 9.46. The minimum absolute atomic E-state index is 0.0384. The molecule has 5 saturated heterocycles. The lowest BCUT2D eigenvalue weighted by molar-refractivity contribution is -0.153. The molecule has 2 spiro atoms. The third-order valence-corrected chi connectivity index (χ3v) is 12.8. The number of H-pyrrole nitrogens is 1. The Balaban J connectivity index is 1.13. The number of benzene rings is 2. The van der Waals surface area contributed by atoms with Gasteiger partial charge in [-0.1, -0.05) is 12.6 Å². The molecule has 0 bridgehead atoms. The van der Waals surface area contributed by atoms with Crippen molar-refractivity contribution in [2.24, 2.45) is 5.41 Å². The predicted molar refractivity (Wildman–Crippen MR) is 194 cm³/mol. The van der Waals surface area contributed by atoms with Gasteiger partial charge < -0.3 is 24.2 Å². The molecule has 53 heavy (non-hydrogen) atoms. The number of halogens is 3. The van der Waals surface area contributed by atoms with Crippen LogP contribution < -0.4 is 14.5 Å². The fraction of sp³-hybridized carbons (Fsp3) is 0.538. The van der Waals surface area contributed by atoms with Gasteiger partial charge in [0.05, 0.1) is 36.5 Å². The van der Waals surface area contributed by atoms with Crippen molar-refractivity contribution >= 4 is 39.5 Å². The van der Waals surface area contributed by atoms with Crippen molar-refractivity contribution in [2.75, 3.05) is 75.4 Å². The molecule has 1 saturated carbocycles. The van der Waals surface area contributed by atoms with Crippen molar-refractivity contribution in [1.29, 1.82) is 0 Å². The van der Waals surface area contributed by atoms with Crippen molar-refractivity contribution in [3.8, 4) is 16.9 Å². The molecule has 10 rings (SSSR count). The molecule has 14 heteroatoms. The van der Waals surface area contributed by atoms with E-state index >= 15 is 0 Å². The number of carbonyl (C=O) groups excluding carboxylic acids is 1. The first-order valence-electron chi connectivity index (χ1n) is 18.8. The summed E-state index contributed by atoms with van der Waals surface area (Å²) in [6.07, 6.45) is 3.22. The second kappa shape index (κ2) is 11.8. The summed E-state index contributed by atoms with van der Waals surface area (Å²) in [4.78, 5) is 31.7. The molecule has 0 unspecified atom stereocenters. The molecule has 11 nitrogen and oxygen atoms in total. The molecule has 1 amide bonds. The summed E-state index contributed by atoms with van der Waals surface area (Å²) in [6.45, 7) is 11.1. The van der Waals surface area contributed by atoms with E-state index in [4.69, 9.17) is 19.4 Å². The normalized spacial score (nSPS) is 22.5. The Morgan fingerprint density at radius 1 is 1.06 bits per heavy atom. The van der Waals surface area contributed by atoms with Crippen LogP contribution in [0.15, 0.2) is 37.1 Å². The van der Waals surface area contributed by atoms with Crippen LogP contribution in [0.25, 0.3) is 32.9 Å². The van der Waals surface area contributed by atoms with Crippen molar-refractivity contribution in [3.63, 3.8) is 0 Å². The number of aromatic amines is 1. The topological polar surface area (TPSA) is 103 Å². The van der Waals surface area contributed by atoms with Crippen LogP contribution in [0.4, 0.5) is 24.9 Å². The zero-order valence-corrected chi connectivity index (χ0v) is 29.8. The Bertz CT molecular complexity index is 2140. The van der Waals surface area contributed by atoms with Gasteiger partial charge in [0.2, 0.25) is 11.9 Å². The zero-order chi connectivity index (χ0) is 36.3. The highest BCUT2D eigenvalue weighted by Gasteiger charge is 2.57. The zero-order valence-electron chi connectivity index (χ0n) is 29.8. The van der Waals surface area contributed by atoms with E-state index in [0.717, 1.165) is 117 Å². The summed E-state index contributed by atoms with van der Waals surface area (Å²) in [5, 5.41) is 8.91. The highest BCUT2D eigenvalue weighted by molar-refractivity contribution is 6.06. The van der Waals surface area contributed by atoms with Crippen LogP contribution in [0, 0.1) is 12.3 Å². The first kappa shape index (κ1) is 33.2. The average Bonchev–Trinajstić information content (AvgIpc) is 3.81. The molecule has 278 valence electrons. The molecule has 5 aliphatic heterocycles. The first-order chi connectivity index (χ1) is 25.5. The summed E-state index contributed by atoms with van der Waals surface area (Å²) in [5.41, 5.74) is 4.53. The number of nitrogens with zero attached hydrogens (tertiary/aromatic N) is 7. The Morgan fingerprint density at radius 2 is 1.83 bits per heavy atom. The Morgan fingerprint density at radius 3 is 2.47 bits per heavy atom. The average molecular weight is 729 g/mol. The molecule has 2 aromatic heterocycles. The van der Waals surface area contributed by atoms with Gasteiger partial charge in [-0.05, 0) is 79.8 Å². The van der Waals surface area contributed by atoms with Crippen LogP contribution in [0.2, 0.25) is 0 Å². The summed E-state index contributed by atoms with van der Waals surface area (Å²) in [6, 6.07) is 6.51. The molecule has 1 aliphatic carbocycles. The number of rotatable bonds is 8. The molecule has 7 heterocycles. The number of aryl methyl sites for hydroxylation is 1. The molecular weight excluding hydrogens is 685 g/mol. The first-order valence-corrected chi connectivity index (χ1v) is 18.8. The number of likely N-dealkylation sites (tertiary alicyclic amines) is 2. The Hall–Kier alpha value is -4.43. The lowest BCUT2D eigenvalue weighted by Crippen LogP contribution is -2.80. The Labute approximate surface area is 305 Å². The summed E-state index contributed by atoms with van der Waals surface area (Å²) >= 11 is 0. The van der Waals surface area contributed by atoms with Crippen LogP contribution >= 0.6 is 0 Å². The maximum absolute atomic E-state index is 14.1. The molecule has 0 atom stereocenters. The number of nitrogens with one attached hydrogen (secondary N) is 1. The van der Waals surface area contributed by atoms with E-state index < -0.39 is 12.8 Å². The third kappa shape index (κ3) is 5.37. The van der Waals surface area contributed by atoms with Gasteiger partial charge in [0.25, 0.3) is 0 Å². The SMILES string of the molecule is C=CC(=O)N1CC2(CCN(c3nc(N4CCC45CN(C4COC4)C5)nc4c(OCC(F)(F)F)c(-c5c(C)ccc6[nH]ncc56)c(C5CC5)cc34)CC2)C1. The summed E-state index contributed by atoms with van der Waals surface area (Å²) < 4.78 is 53.9. The van der Waals surface area contributed by atoms with Gasteiger partial charge in [0, 0.05) is 67.6 Å². The minimum Gasteiger partial charge on any atom is -0.481 e. The number of anilines is 2. The number of alkyl halides is 3. The number of hydrogen-bond donors (Lipinski definition) is 1. The summed E-state index contributed by atoms with van der Waals surface area (Å²) in [7, 11) is 0. The van der Waals surface area contributed by atoms with E-state index in [1.165, 1.54) is 6.08 Å². The highest BCUT2D eigenvalue weighted by atomic mass is 19.4.